The Labute approximate surface area is 241 Å². The van der Waals surface area contributed by atoms with E-state index >= 15 is 0 Å². The van der Waals surface area contributed by atoms with E-state index in [0.29, 0.717) is 0 Å². The van der Waals surface area contributed by atoms with Gasteiger partial charge in [-0.2, -0.15) is 0 Å². The number of benzene rings is 5. The van der Waals surface area contributed by atoms with Gasteiger partial charge >= 0.3 is 0 Å². The number of hydrogen-bond acceptors (Lipinski definition) is 2. The molecule has 2 heterocycles. The number of rotatable bonds is 4. The molecule has 0 N–H and O–H groups in total. The first-order valence-corrected chi connectivity index (χ1v) is 13.9. The third kappa shape index (κ3) is 4.20. The molecule has 0 amide bonds. The van der Waals surface area contributed by atoms with Crippen LogP contribution in [0.2, 0.25) is 0 Å². The highest BCUT2D eigenvalue weighted by Crippen LogP contribution is 2.44. The van der Waals surface area contributed by atoms with E-state index in [-0.39, 0.29) is 12.5 Å². The Hall–Kier alpha value is -5.09. The number of halogens is 1. The molecule has 5 aromatic rings. The van der Waals surface area contributed by atoms with Crippen molar-refractivity contribution in [2.45, 2.75) is 6.92 Å². The lowest BCUT2D eigenvalue weighted by Crippen LogP contribution is -2.56. The molecular formula is C37H28BFN2. The molecule has 0 bridgehead atoms. The van der Waals surface area contributed by atoms with E-state index in [1.807, 2.05) is 18.2 Å². The van der Waals surface area contributed by atoms with Crippen LogP contribution < -0.4 is 20.7 Å². The van der Waals surface area contributed by atoms with Gasteiger partial charge in [-0.25, -0.2) is 4.39 Å². The Morgan fingerprint density at radius 3 is 1.80 bits per heavy atom. The predicted octanol–water partition coefficient (Wildman–Crippen LogP) is 8.15. The Balaban J connectivity index is 1.56. The van der Waals surface area contributed by atoms with E-state index in [1.54, 1.807) is 12.1 Å². The van der Waals surface area contributed by atoms with Crippen LogP contribution in [0.4, 0.5) is 27.1 Å². The molecule has 5 aromatic carbocycles. The number of hydrogen-bond donors (Lipinski definition) is 0. The molecule has 2 aliphatic rings. The van der Waals surface area contributed by atoms with Crippen LogP contribution in [0.25, 0.3) is 5.57 Å². The van der Waals surface area contributed by atoms with Gasteiger partial charge in [-0.1, -0.05) is 91.5 Å². The molecule has 2 nitrogen and oxygen atoms in total. The van der Waals surface area contributed by atoms with Crippen molar-refractivity contribution >= 4 is 46.0 Å². The van der Waals surface area contributed by atoms with Crippen LogP contribution in [0.1, 0.15) is 12.5 Å². The van der Waals surface area contributed by atoms with Gasteiger partial charge in [-0.05, 0) is 89.1 Å². The maximum Gasteiger partial charge on any atom is 0.251 e. The minimum atomic E-state index is -0.272. The van der Waals surface area contributed by atoms with Crippen molar-refractivity contribution in [3.63, 3.8) is 0 Å². The highest BCUT2D eigenvalue weighted by Gasteiger charge is 2.43. The number of anilines is 4. The van der Waals surface area contributed by atoms with Crippen molar-refractivity contribution < 1.29 is 4.39 Å². The number of para-hydroxylation sites is 4. The highest BCUT2D eigenvalue weighted by molar-refractivity contribution is 6.94. The van der Waals surface area contributed by atoms with Gasteiger partial charge < -0.3 is 9.80 Å². The summed E-state index contributed by atoms with van der Waals surface area (Å²) in [4.78, 5) is 4.68. The molecule has 0 aliphatic carbocycles. The molecule has 0 aromatic heterocycles. The largest absolute Gasteiger partial charge is 0.315 e. The molecule has 0 atom stereocenters. The normalized spacial score (nSPS) is 15.0. The molecule has 0 saturated heterocycles. The lowest BCUT2D eigenvalue weighted by Gasteiger charge is -2.45. The molecule has 41 heavy (non-hydrogen) atoms. The topological polar surface area (TPSA) is 6.48 Å². The fraction of sp³-hybridized carbons (Fsp3) is 0.0270. The fourth-order valence-corrected chi connectivity index (χ4v) is 6.29. The standard InChI is InChI=1S/C37H28BFN2/c1-26(28-14-13-15-29(39)25-28)24-36-37-27(2)40(30-16-5-3-6-17-30)34-22-11-9-20-32(34)38(37)33-21-10-12-23-35(33)41(36)31-18-7-4-8-19-31/h3-25H,1H2,2H3/b36-24+. The summed E-state index contributed by atoms with van der Waals surface area (Å²) in [5.74, 6) is -0.272. The summed E-state index contributed by atoms with van der Waals surface area (Å²) < 4.78 is 14.3. The minimum Gasteiger partial charge on any atom is -0.315 e. The summed E-state index contributed by atoms with van der Waals surface area (Å²) in [6, 6.07) is 45.0. The summed E-state index contributed by atoms with van der Waals surface area (Å²) in [7, 11) is 0. The van der Waals surface area contributed by atoms with Crippen molar-refractivity contribution in [3.8, 4) is 0 Å². The van der Waals surface area contributed by atoms with E-state index < -0.39 is 0 Å². The zero-order chi connectivity index (χ0) is 27.9. The number of allylic oxidation sites excluding steroid dienone is 4. The second-order valence-electron chi connectivity index (χ2n) is 10.5. The quantitative estimate of drug-likeness (QED) is 0.217. The molecule has 2 aliphatic heterocycles. The Kier molecular flexibility index (Phi) is 6.17. The maximum absolute atomic E-state index is 14.3. The molecule has 0 unspecified atom stereocenters. The summed E-state index contributed by atoms with van der Waals surface area (Å²) in [6.45, 7) is 6.65. The molecule has 0 radical (unpaired) electrons. The lowest BCUT2D eigenvalue weighted by molar-refractivity contribution is 0.627. The second-order valence-corrected chi connectivity index (χ2v) is 10.5. The minimum absolute atomic E-state index is 0.0221. The SMILES string of the molecule is C=C(/C=C1\C2=C(C)N(c3ccccc3)c3ccccc3B2c2ccccc2N1c1ccccc1)c1cccc(F)c1. The smallest absolute Gasteiger partial charge is 0.251 e. The first-order chi connectivity index (χ1) is 20.1. The summed E-state index contributed by atoms with van der Waals surface area (Å²) >= 11 is 0. The monoisotopic (exact) mass is 530 g/mol. The number of nitrogens with zero attached hydrogens (tertiary/aromatic N) is 2. The first-order valence-electron chi connectivity index (χ1n) is 13.9. The maximum atomic E-state index is 14.3. The van der Waals surface area contributed by atoms with Gasteiger partial charge in [-0.15, -0.1) is 0 Å². The molecule has 4 heteroatoms. The lowest BCUT2D eigenvalue weighted by atomic mass is 9.32. The fourth-order valence-electron chi connectivity index (χ4n) is 6.29. The van der Waals surface area contributed by atoms with Gasteiger partial charge in [0.25, 0.3) is 6.71 Å². The van der Waals surface area contributed by atoms with E-state index in [2.05, 4.69) is 126 Å². The van der Waals surface area contributed by atoms with Crippen LogP contribution in [-0.4, -0.2) is 6.71 Å². The summed E-state index contributed by atoms with van der Waals surface area (Å²) in [6.07, 6.45) is 2.13. The van der Waals surface area contributed by atoms with Crippen LogP contribution >= 0.6 is 0 Å². The van der Waals surface area contributed by atoms with E-state index in [4.69, 9.17) is 0 Å². The van der Waals surface area contributed by atoms with Crippen LogP contribution in [0.15, 0.2) is 163 Å². The molecule has 7 rings (SSSR count). The third-order valence-electron chi connectivity index (χ3n) is 8.04. The van der Waals surface area contributed by atoms with Crippen LogP contribution in [0.5, 0.6) is 0 Å². The molecule has 0 spiro atoms. The van der Waals surface area contributed by atoms with Gasteiger partial charge in [0.15, 0.2) is 0 Å². The van der Waals surface area contributed by atoms with Gasteiger partial charge in [0.1, 0.15) is 5.82 Å². The van der Waals surface area contributed by atoms with Crippen LogP contribution in [-0.2, 0) is 0 Å². The zero-order valence-electron chi connectivity index (χ0n) is 22.8. The average molecular weight is 530 g/mol. The third-order valence-corrected chi connectivity index (χ3v) is 8.04. The van der Waals surface area contributed by atoms with E-state index in [9.17, 15) is 4.39 Å². The first kappa shape index (κ1) is 24.9. The van der Waals surface area contributed by atoms with Crippen LogP contribution in [0.3, 0.4) is 0 Å². The van der Waals surface area contributed by atoms with Crippen molar-refractivity contribution in [2.24, 2.45) is 0 Å². The van der Waals surface area contributed by atoms with Gasteiger partial charge in [0, 0.05) is 34.1 Å². The van der Waals surface area contributed by atoms with Crippen molar-refractivity contribution in [1.29, 1.82) is 0 Å². The molecule has 0 saturated carbocycles. The van der Waals surface area contributed by atoms with E-state index in [0.717, 1.165) is 39.6 Å². The zero-order valence-corrected chi connectivity index (χ0v) is 22.8. The van der Waals surface area contributed by atoms with Gasteiger partial charge in [0.2, 0.25) is 0 Å². The highest BCUT2D eigenvalue weighted by atomic mass is 19.1. The molecular weight excluding hydrogens is 502 g/mol. The molecule has 196 valence electrons. The Morgan fingerprint density at radius 1 is 0.659 bits per heavy atom. The number of fused-ring (bicyclic) bond motifs is 5. The second kappa shape index (κ2) is 10.1. The summed E-state index contributed by atoms with van der Waals surface area (Å²) in [5, 5.41) is 0. The van der Waals surface area contributed by atoms with Crippen molar-refractivity contribution in [1.82, 2.24) is 0 Å². The van der Waals surface area contributed by atoms with E-state index in [1.165, 1.54) is 28.2 Å². The predicted molar refractivity (Wildman–Crippen MR) is 171 cm³/mol. The Bertz CT molecular complexity index is 1840. The summed E-state index contributed by atoms with van der Waals surface area (Å²) in [5.41, 5.74) is 11.9. The Morgan fingerprint density at radius 2 is 1.20 bits per heavy atom. The van der Waals surface area contributed by atoms with Gasteiger partial charge in [-0.3, -0.25) is 0 Å². The average Bonchev–Trinajstić information content (AvgIpc) is 3.01. The molecule has 0 fully saturated rings. The van der Waals surface area contributed by atoms with Crippen molar-refractivity contribution in [2.75, 3.05) is 9.80 Å². The van der Waals surface area contributed by atoms with Crippen LogP contribution in [0, 0.1) is 5.82 Å². The van der Waals surface area contributed by atoms with Crippen molar-refractivity contribution in [3.05, 3.63) is 174 Å². The van der Waals surface area contributed by atoms with Gasteiger partial charge in [0.05, 0.1) is 0 Å².